The maximum absolute atomic E-state index is 13.2. The lowest BCUT2D eigenvalue weighted by Gasteiger charge is -2.04. The second-order valence-corrected chi connectivity index (χ2v) is 3.09. The van der Waals surface area contributed by atoms with Gasteiger partial charge in [-0.2, -0.15) is 10.1 Å². The Bertz CT molecular complexity index is 526. The van der Waals surface area contributed by atoms with Gasteiger partial charge in [-0.05, 0) is 0 Å². The maximum atomic E-state index is 13.2. The molecule has 84 valence electrons. The Kier molecular flexibility index (Phi) is 2.43. The molecular formula is C9H8F2N4O. The van der Waals surface area contributed by atoms with E-state index in [1.807, 2.05) is 0 Å². The van der Waals surface area contributed by atoms with Gasteiger partial charge in [-0.15, -0.1) is 0 Å². The first-order chi connectivity index (χ1) is 7.56. The first-order valence-electron chi connectivity index (χ1n) is 4.34. The van der Waals surface area contributed by atoms with Crippen LogP contribution in [0, 0.1) is 11.6 Å². The fourth-order valence-electron chi connectivity index (χ4n) is 1.10. The standard InChI is InChI=1S/C9H8F2N4O/c1-15-4-5(3-13-15)16-9-7(11)2-6(10)8(12)14-9/h2-4H,1H3,(H2,12,14). The summed E-state index contributed by atoms with van der Waals surface area (Å²) in [5.41, 5.74) is 5.19. The number of nitrogens with two attached hydrogens (primary N) is 1. The molecule has 0 amide bonds. The van der Waals surface area contributed by atoms with E-state index in [2.05, 4.69) is 10.1 Å². The highest BCUT2D eigenvalue weighted by atomic mass is 19.1. The van der Waals surface area contributed by atoms with Crippen molar-refractivity contribution in [1.29, 1.82) is 0 Å². The Labute approximate surface area is 89.5 Å². The van der Waals surface area contributed by atoms with Crippen LogP contribution in [0.2, 0.25) is 0 Å². The van der Waals surface area contributed by atoms with Crippen LogP contribution < -0.4 is 10.5 Å². The molecule has 0 fully saturated rings. The van der Waals surface area contributed by atoms with Gasteiger partial charge >= 0.3 is 0 Å². The number of nitrogen functional groups attached to an aromatic ring is 1. The highest BCUT2D eigenvalue weighted by Crippen LogP contribution is 2.24. The van der Waals surface area contributed by atoms with Crippen molar-refractivity contribution in [2.75, 3.05) is 5.73 Å². The maximum Gasteiger partial charge on any atom is 0.258 e. The van der Waals surface area contributed by atoms with Crippen LogP contribution in [0.25, 0.3) is 0 Å². The Morgan fingerprint density at radius 3 is 2.75 bits per heavy atom. The van der Waals surface area contributed by atoms with Crippen LogP contribution in [0.15, 0.2) is 18.5 Å². The van der Waals surface area contributed by atoms with Gasteiger partial charge in [-0.3, -0.25) is 4.68 Å². The van der Waals surface area contributed by atoms with Crippen molar-refractivity contribution in [3.8, 4) is 11.6 Å². The summed E-state index contributed by atoms with van der Waals surface area (Å²) in [6, 6.07) is 0.619. The summed E-state index contributed by atoms with van der Waals surface area (Å²) in [5, 5.41) is 3.82. The summed E-state index contributed by atoms with van der Waals surface area (Å²) in [7, 11) is 1.68. The van der Waals surface area contributed by atoms with Gasteiger partial charge in [0.05, 0.1) is 12.4 Å². The molecule has 16 heavy (non-hydrogen) atoms. The molecule has 0 radical (unpaired) electrons. The van der Waals surface area contributed by atoms with Crippen LogP contribution in [-0.2, 0) is 7.05 Å². The van der Waals surface area contributed by atoms with E-state index < -0.39 is 17.5 Å². The van der Waals surface area contributed by atoms with E-state index in [-0.39, 0.29) is 5.88 Å². The van der Waals surface area contributed by atoms with Gasteiger partial charge < -0.3 is 10.5 Å². The Morgan fingerprint density at radius 1 is 1.38 bits per heavy atom. The van der Waals surface area contributed by atoms with E-state index in [0.717, 1.165) is 0 Å². The van der Waals surface area contributed by atoms with Gasteiger partial charge in [0.2, 0.25) is 0 Å². The van der Waals surface area contributed by atoms with Crippen LogP contribution >= 0.6 is 0 Å². The lowest BCUT2D eigenvalue weighted by molar-refractivity contribution is 0.418. The number of pyridine rings is 1. The molecule has 0 spiro atoms. The van der Waals surface area contributed by atoms with Crippen LogP contribution in [0.5, 0.6) is 11.6 Å². The number of hydrogen-bond acceptors (Lipinski definition) is 4. The summed E-state index contributed by atoms with van der Waals surface area (Å²) >= 11 is 0. The van der Waals surface area contributed by atoms with Crippen molar-refractivity contribution >= 4 is 5.82 Å². The fraction of sp³-hybridized carbons (Fsp3) is 0.111. The molecule has 5 nitrogen and oxygen atoms in total. The molecule has 0 aromatic carbocycles. The number of nitrogens with zero attached hydrogens (tertiary/aromatic N) is 3. The largest absolute Gasteiger partial charge is 0.433 e. The third-order valence-electron chi connectivity index (χ3n) is 1.82. The minimum absolute atomic E-state index is 0.292. The summed E-state index contributed by atoms with van der Waals surface area (Å²) < 4.78 is 32.5. The topological polar surface area (TPSA) is 66.0 Å². The molecule has 0 saturated heterocycles. The van der Waals surface area contributed by atoms with Crippen molar-refractivity contribution in [2.45, 2.75) is 0 Å². The molecule has 0 aliphatic heterocycles. The molecule has 0 bridgehead atoms. The normalized spacial score (nSPS) is 10.4. The third-order valence-corrected chi connectivity index (χ3v) is 1.82. The quantitative estimate of drug-likeness (QED) is 0.842. The molecule has 0 saturated carbocycles. The van der Waals surface area contributed by atoms with E-state index >= 15 is 0 Å². The molecule has 0 aliphatic carbocycles. The zero-order chi connectivity index (χ0) is 11.7. The molecule has 2 aromatic heterocycles. The number of aryl methyl sites for hydroxylation is 1. The van der Waals surface area contributed by atoms with Gasteiger partial charge in [0.15, 0.2) is 23.2 Å². The van der Waals surface area contributed by atoms with Gasteiger partial charge in [0, 0.05) is 13.1 Å². The minimum atomic E-state index is -0.921. The number of ether oxygens (including phenoxy) is 1. The lowest BCUT2D eigenvalue weighted by atomic mass is 10.4. The van der Waals surface area contributed by atoms with Crippen LogP contribution in [-0.4, -0.2) is 14.8 Å². The molecule has 0 unspecified atom stereocenters. The molecule has 0 aliphatic rings. The smallest absolute Gasteiger partial charge is 0.258 e. The number of halogens is 2. The van der Waals surface area contributed by atoms with Gasteiger partial charge in [-0.25, -0.2) is 8.78 Å². The molecule has 2 aromatic rings. The number of hydrogen-bond donors (Lipinski definition) is 1. The summed E-state index contributed by atoms with van der Waals surface area (Å²) in [6.07, 6.45) is 2.89. The second kappa shape index (κ2) is 3.76. The average molecular weight is 226 g/mol. The number of rotatable bonds is 2. The Hall–Kier alpha value is -2.18. The Morgan fingerprint density at radius 2 is 2.12 bits per heavy atom. The van der Waals surface area contributed by atoms with Crippen LogP contribution in [0.3, 0.4) is 0 Å². The Balaban J connectivity index is 2.31. The highest BCUT2D eigenvalue weighted by molar-refractivity contribution is 5.36. The molecular weight excluding hydrogens is 218 g/mol. The van der Waals surface area contributed by atoms with Crippen molar-refractivity contribution in [3.63, 3.8) is 0 Å². The van der Waals surface area contributed by atoms with Gasteiger partial charge in [0.25, 0.3) is 5.88 Å². The van der Waals surface area contributed by atoms with E-state index in [1.54, 1.807) is 7.05 Å². The summed E-state index contributed by atoms with van der Waals surface area (Å²) in [6.45, 7) is 0. The summed E-state index contributed by atoms with van der Waals surface area (Å²) in [5.74, 6) is -2.35. The molecule has 2 N–H and O–H groups in total. The van der Waals surface area contributed by atoms with Crippen molar-refractivity contribution < 1.29 is 13.5 Å². The molecule has 2 heterocycles. The number of anilines is 1. The second-order valence-electron chi connectivity index (χ2n) is 3.09. The predicted molar refractivity (Wildman–Crippen MR) is 51.8 cm³/mol. The third kappa shape index (κ3) is 1.92. The van der Waals surface area contributed by atoms with Crippen molar-refractivity contribution in [2.24, 2.45) is 7.05 Å². The van der Waals surface area contributed by atoms with Crippen LogP contribution in [0.4, 0.5) is 14.6 Å². The van der Waals surface area contributed by atoms with E-state index in [1.165, 1.54) is 17.1 Å². The van der Waals surface area contributed by atoms with E-state index in [0.29, 0.717) is 11.8 Å². The number of aromatic nitrogens is 3. The zero-order valence-electron chi connectivity index (χ0n) is 8.32. The van der Waals surface area contributed by atoms with E-state index in [9.17, 15) is 8.78 Å². The predicted octanol–water partition coefficient (Wildman–Crippen LogP) is 1.47. The van der Waals surface area contributed by atoms with Gasteiger partial charge in [0.1, 0.15) is 0 Å². The lowest BCUT2D eigenvalue weighted by Crippen LogP contribution is -1.99. The van der Waals surface area contributed by atoms with E-state index in [4.69, 9.17) is 10.5 Å². The summed E-state index contributed by atoms with van der Waals surface area (Å²) in [4.78, 5) is 3.45. The molecule has 2 rings (SSSR count). The molecule has 7 heteroatoms. The SMILES string of the molecule is Cn1cc(Oc2nc(N)c(F)cc2F)cn1. The van der Waals surface area contributed by atoms with Gasteiger partial charge in [-0.1, -0.05) is 0 Å². The zero-order valence-corrected chi connectivity index (χ0v) is 8.32. The van der Waals surface area contributed by atoms with Crippen molar-refractivity contribution in [3.05, 3.63) is 30.1 Å². The average Bonchev–Trinajstić information content (AvgIpc) is 2.60. The van der Waals surface area contributed by atoms with Crippen LogP contribution in [0.1, 0.15) is 0 Å². The highest BCUT2D eigenvalue weighted by Gasteiger charge is 2.12. The first-order valence-corrected chi connectivity index (χ1v) is 4.34. The fourth-order valence-corrected chi connectivity index (χ4v) is 1.10. The van der Waals surface area contributed by atoms with Crippen molar-refractivity contribution in [1.82, 2.24) is 14.8 Å². The first kappa shape index (κ1) is 10.3. The monoisotopic (exact) mass is 226 g/mol. The minimum Gasteiger partial charge on any atom is -0.433 e. The molecule has 0 atom stereocenters.